The van der Waals surface area contributed by atoms with Crippen molar-refractivity contribution in [2.24, 2.45) is 5.92 Å². The number of carboxylic acids is 1. The van der Waals surface area contributed by atoms with E-state index in [9.17, 15) is 4.79 Å². The van der Waals surface area contributed by atoms with Crippen LogP contribution in [0.1, 0.15) is 40.0 Å². The van der Waals surface area contributed by atoms with Gasteiger partial charge in [0, 0.05) is 5.57 Å². The molecule has 0 aromatic rings. The highest BCUT2D eigenvalue weighted by molar-refractivity contribution is 5.87. The summed E-state index contributed by atoms with van der Waals surface area (Å²) in [5.41, 5.74) is 0.603. The first-order chi connectivity index (χ1) is 5.72. The van der Waals surface area contributed by atoms with Gasteiger partial charge in [-0.2, -0.15) is 0 Å². The molecule has 0 saturated carbocycles. The van der Waals surface area contributed by atoms with Crippen LogP contribution in [0.2, 0.25) is 0 Å². The zero-order valence-electron chi connectivity index (χ0n) is 8.13. The first-order valence-corrected chi connectivity index (χ1v) is 4.65. The quantitative estimate of drug-likeness (QED) is 0.657. The summed E-state index contributed by atoms with van der Waals surface area (Å²) in [6.45, 7) is 5.97. The molecule has 1 aliphatic rings. The minimum Gasteiger partial charge on any atom is -0.478 e. The van der Waals surface area contributed by atoms with Gasteiger partial charge in [0.25, 0.3) is 0 Å². The minimum atomic E-state index is -0.743. The van der Waals surface area contributed by atoms with E-state index >= 15 is 0 Å². The summed E-state index contributed by atoms with van der Waals surface area (Å²) in [5.74, 6) is -0.488. The second kappa shape index (κ2) is 5.81. The highest BCUT2D eigenvalue weighted by atomic mass is 16.4. The second-order valence-corrected chi connectivity index (χ2v) is 2.80. The second-order valence-electron chi connectivity index (χ2n) is 2.80. The van der Waals surface area contributed by atoms with E-state index in [0.29, 0.717) is 5.57 Å². The lowest BCUT2D eigenvalue weighted by molar-refractivity contribution is -0.133. The van der Waals surface area contributed by atoms with Crippen molar-refractivity contribution < 1.29 is 9.90 Å². The maximum Gasteiger partial charge on any atom is 0.331 e. The molecular formula is C10H18O2. The zero-order valence-corrected chi connectivity index (χ0v) is 8.13. The SMILES string of the molecule is CC.CC1CCCC=C1C(=O)O. The van der Waals surface area contributed by atoms with Crippen LogP contribution < -0.4 is 0 Å². The van der Waals surface area contributed by atoms with E-state index in [4.69, 9.17) is 5.11 Å². The molecule has 1 N–H and O–H groups in total. The van der Waals surface area contributed by atoms with Crippen LogP contribution in [0.25, 0.3) is 0 Å². The predicted octanol–water partition coefficient (Wildman–Crippen LogP) is 2.84. The van der Waals surface area contributed by atoms with E-state index in [-0.39, 0.29) is 5.92 Å². The van der Waals surface area contributed by atoms with Crippen molar-refractivity contribution >= 4 is 5.97 Å². The first kappa shape index (κ1) is 11.2. The molecule has 2 heteroatoms. The van der Waals surface area contributed by atoms with Crippen LogP contribution >= 0.6 is 0 Å². The van der Waals surface area contributed by atoms with Crippen molar-refractivity contribution in [1.82, 2.24) is 0 Å². The largest absolute Gasteiger partial charge is 0.478 e. The van der Waals surface area contributed by atoms with Gasteiger partial charge in [-0.1, -0.05) is 26.8 Å². The molecule has 0 radical (unpaired) electrons. The standard InChI is InChI=1S/C8H12O2.C2H6/c1-6-4-2-3-5-7(6)8(9)10;1-2/h5-6H,2-4H2,1H3,(H,9,10);1-2H3. The molecule has 0 heterocycles. The van der Waals surface area contributed by atoms with Crippen molar-refractivity contribution in [1.29, 1.82) is 0 Å². The summed E-state index contributed by atoms with van der Waals surface area (Å²) in [5, 5.41) is 8.64. The average molecular weight is 170 g/mol. The fourth-order valence-electron chi connectivity index (χ4n) is 1.34. The van der Waals surface area contributed by atoms with Gasteiger partial charge in [0.15, 0.2) is 0 Å². The molecule has 0 saturated heterocycles. The Morgan fingerprint density at radius 3 is 2.50 bits per heavy atom. The van der Waals surface area contributed by atoms with E-state index in [1.54, 1.807) is 0 Å². The van der Waals surface area contributed by atoms with Gasteiger partial charge < -0.3 is 5.11 Å². The van der Waals surface area contributed by atoms with Crippen molar-refractivity contribution in [2.45, 2.75) is 40.0 Å². The van der Waals surface area contributed by atoms with E-state index < -0.39 is 5.97 Å². The third-order valence-corrected chi connectivity index (χ3v) is 1.98. The first-order valence-electron chi connectivity index (χ1n) is 4.65. The summed E-state index contributed by atoms with van der Waals surface area (Å²) in [7, 11) is 0. The van der Waals surface area contributed by atoms with Crippen LogP contribution in [0.15, 0.2) is 11.6 Å². The highest BCUT2D eigenvalue weighted by Crippen LogP contribution is 2.23. The fourth-order valence-corrected chi connectivity index (χ4v) is 1.34. The Kier molecular flexibility index (Phi) is 5.43. The Balaban J connectivity index is 0.000000561. The van der Waals surface area contributed by atoms with Gasteiger partial charge in [0.05, 0.1) is 0 Å². The van der Waals surface area contributed by atoms with E-state index in [0.717, 1.165) is 19.3 Å². The molecule has 12 heavy (non-hydrogen) atoms. The van der Waals surface area contributed by atoms with Crippen molar-refractivity contribution in [3.63, 3.8) is 0 Å². The van der Waals surface area contributed by atoms with E-state index in [2.05, 4.69) is 0 Å². The summed E-state index contributed by atoms with van der Waals surface area (Å²) < 4.78 is 0. The number of hydrogen-bond donors (Lipinski definition) is 1. The molecule has 0 fully saturated rings. The Hall–Kier alpha value is -0.790. The third kappa shape index (κ3) is 3.07. The number of aliphatic carboxylic acids is 1. The van der Waals surface area contributed by atoms with Gasteiger partial charge in [-0.05, 0) is 25.2 Å². The van der Waals surface area contributed by atoms with Crippen molar-refractivity contribution in [2.75, 3.05) is 0 Å². The molecule has 1 atom stereocenters. The van der Waals surface area contributed by atoms with Gasteiger partial charge in [0.2, 0.25) is 0 Å². The molecule has 70 valence electrons. The van der Waals surface area contributed by atoms with Gasteiger partial charge in [-0.25, -0.2) is 4.79 Å². The molecule has 2 nitrogen and oxygen atoms in total. The molecule has 0 amide bonds. The van der Waals surface area contributed by atoms with Gasteiger partial charge in [-0.15, -0.1) is 0 Å². The molecular weight excluding hydrogens is 152 g/mol. The van der Waals surface area contributed by atoms with Gasteiger partial charge in [0.1, 0.15) is 0 Å². The number of rotatable bonds is 1. The predicted molar refractivity (Wildman–Crippen MR) is 50.1 cm³/mol. The number of hydrogen-bond acceptors (Lipinski definition) is 1. The lowest BCUT2D eigenvalue weighted by Gasteiger charge is -2.16. The lowest BCUT2D eigenvalue weighted by Crippen LogP contribution is -2.12. The lowest BCUT2D eigenvalue weighted by atomic mass is 9.89. The fraction of sp³-hybridized carbons (Fsp3) is 0.700. The Morgan fingerprint density at radius 1 is 1.58 bits per heavy atom. The minimum absolute atomic E-state index is 0.256. The highest BCUT2D eigenvalue weighted by Gasteiger charge is 2.17. The Morgan fingerprint density at radius 2 is 2.17 bits per heavy atom. The summed E-state index contributed by atoms with van der Waals surface area (Å²) in [6.07, 6.45) is 4.94. The van der Waals surface area contributed by atoms with Gasteiger partial charge in [-0.3, -0.25) is 0 Å². The molecule has 0 bridgehead atoms. The van der Waals surface area contributed by atoms with Crippen LogP contribution in [-0.4, -0.2) is 11.1 Å². The molecule has 0 aromatic carbocycles. The maximum absolute atomic E-state index is 10.5. The Bertz CT molecular complexity index is 171. The summed E-state index contributed by atoms with van der Waals surface area (Å²) >= 11 is 0. The van der Waals surface area contributed by atoms with Crippen molar-refractivity contribution in [3.05, 3.63) is 11.6 Å². The summed E-state index contributed by atoms with van der Waals surface area (Å²) in [6, 6.07) is 0. The molecule has 1 aliphatic carbocycles. The van der Waals surface area contributed by atoms with Crippen molar-refractivity contribution in [3.8, 4) is 0 Å². The Labute approximate surface area is 74.3 Å². The molecule has 0 spiro atoms. The number of carbonyl (C=O) groups is 1. The molecule has 0 aliphatic heterocycles. The number of carboxylic acid groups (broad SMARTS) is 1. The van der Waals surface area contributed by atoms with E-state index in [1.165, 1.54) is 0 Å². The zero-order chi connectivity index (χ0) is 9.56. The normalized spacial score (nSPS) is 21.9. The summed E-state index contributed by atoms with van der Waals surface area (Å²) in [4.78, 5) is 10.5. The van der Waals surface area contributed by atoms with Crippen LogP contribution in [0.3, 0.4) is 0 Å². The number of allylic oxidation sites excluding steroid dienone is 1. The molecule has 1 unspecified atom stereocenters. The van der Waals surface area contributed by atoms with Crippen LogP contribution in [-0.2, 0) is 4.79 Å². The van der Waals surface area contributed by atoms with Crippen LogP contribution in [0, 0.1) is 5.92 Å². The monoisotopic (exact) mass is 170 g/mol. The van der Waals surface area contributed by atoms with Crippen LogP contribution in [0.4, 0.5) is 0 Å². The molecule has 0 aromatic heterocycles. The third-order valence-electron chi connectivity index (χ3n) is 1.98. The van der Waals surface area contributed by atoms with Crippen LogP contribution in [0.5, 0.6) is 0 Å². The molecule has 1 rings (SSSR count). The van der Waals surface area contributed by atoms with E-state index in [1.807, 2.05) is 26.8 Å². The topological polar surface area (TPSA) is 37.3 Å². The van der Waals surface area contributed by atoms with Gasteiger partial charge >= 0.3 is 5.97 Å². The smallest absolute Gasteiger partial charge is 0.331 e. The average Bonchev–Trinajstić information content (AvgIpc) is 2.08. The maximum atomic E-state index is 10.5.